The standard InChI is InChI=1S/C24H30INO5/c1-22(2)13-15(14-23(3,4)26(22)29)30-20(27)18-11-12-19(31-21(28)24(5,6)25)17-10-8-7-9-16(17)18/h7-12,15,29H,13-14H2,1-6H3. The van der Waals surface area contributed by atoms with Gasteiger partial charge in [0.2, 0.25) is 0 Å². The average Bonchev–Trinajstić information content (AvgIpc) is 2.65. The zero-order valence-electron chi connectivity index (χ0n) is 18.9. The van der Waals surface area contributed by atoms with E-state index in [1.165, 1.54) is 5.06 Å². The van der Waals surface area contributed by atoms with Crippen molar-refractivity contribution in [3.63, 3.8) is 0 Å². The highest BCUT2D eigenvalue weighted by atomic mass is 127. The number of halogens is 1. The van der Waals surface area contributed by atoms with Crippen molar-refractivity contribution in [1.82, 2.24) is 5.06 Å². The number of carbonyl (C=O) groups excluding carboxylic acids is 2. The number of fused-ring (bicyclic) bond motifs is 1. The largest absolute Gasteiger partial charge is 0.459 e. The first-order valence-electron chi connectivity index (χ1n) is 10.4. The molecule has 0 radical (unpaired) electrons. The molecular weight excluding hydrogens is 509 g/mol. The summed E-state index contributed by atoms with van der Waals surface area (Å²) in [6.45, 7) is 11.3. The lowest BCUT2D eigenvalue weighted by molar-refractivity contribution is -0.256. The van der Waals surface area contributed by atoms with Gasteiger partial charge in [0.15, 0.2) is 0 Å². The third-order valence-electron chi connectivity index (χ3n) is 5.67. The van der Waals surface area contributed by atoms with Gasteiger partial charge in [0.1, 0.15) is 15.3 Å². The molecule has 0 spiro atoms. The lowest BCUT2D eigenvalue weighted by Crippen LogP contribution is -2.60. The summed E-state index contributed by atoms with van der Waals surface area (Å²) in [6, 6.07) is 10.6. The van der Waals surface area contributed by atoms with E-state index < -0.39 is 20.5 Å². The van der Waals surface area contributed by atoms with Crippen LogP contribution in [0.15, 0.2) is 36.4 Å². The number of rotatable bonds is 4. The number of hydrogen-bond donors (Lipinski definition) is 1. The second kappa shape index (κ2) is 8.33. The van der Waals surface area contributed by atoms with Gasteiger partial charge in [-0.2, -0.15) is 5.06 Å². The maximum Gasteiger partial charge on any atom is 0.339 e. The summed E-state index contributed by atoms with van der Waals surface area (Å²) in [7, 11) is 0. The van der Waals surface area contributed by atoms with Gasteiger partial charge in [-0.05, 0) is 59.1 Å². The summed E-state index contributed by atoms with van der Waals surface area (Å²) >= 11 is 2.04. The van der Waals surface area contributed by atoms with Gasteiger partial charge in [-0.25, -0.2) is 4.79 Å². The van der Waals surface area contributed by atoms with E-state index in [-0.39, 0.29) is 12.1 Å². The number of benzene rings is 2. The summed E-state index contributed by atoms with van der Waals surface area (Å²) in [5, 5.41) is 13.2. The van der Waals surface area contributed by atoms with Gasteiger partial charge in [0.25, 0.3) is 0 Å². The lowest BCUT2D eigenvalue weighted by Gasteiger charge is -2.50. The summed E-state index contributed by atoms with van der Waals surface area (Å²) in [5.74, 6) is -0.363. The van der Waals surface area contributed by atoms with Gasteiger partial charge in [-0.1, -0.05) is 46.9 Å². The Morgan fingerprint density at radius 1 is 1.03 bits per heavy atom. The Bertz CT molecular complexity index is 991. The number of esters is 2. The smallest absolute Gasteiger partial charge is 0.339 e. The molecule has 2 aromatic carbocycles. The first-order valence-corrected chi connectivity index (χ1v) is 11.4. The monoisotopic (exact) mass is 539 g/mol. The van der Waals surface area contributed by atoms with E-state index in [1.54, 1.807) is 26.0 Å². The number of alkyl halides is 1. The molecule has 1 fully saturated rings. The average molecular weight is 539 g/mol. The van der Waals surface area contributed by atoms with Crippen LogP contribution in [0.4, 0.5) is 0 Å². The molecule has 0 bridgehead atoms. The Labute approximate surface area is 197 Å². The molecule has 1 heterocycles. The highest BCUT2D eigenvalue weighted by Crippen LogP contribution is 2.39. The first kappa shape index (κ1) is 23.9. The summed E-state index contributed by atoms with van der Waals surface area (Å²) < 4.78 is 10.8. The molecule has 0 aromatic heterocycles. The van der Waals surface area contributed by atoms with Gasteiger partial charge in [0, 0.05) is 29.3 Å². The van der Waals surface area contributed by atoms with Crippen LogP contribution in [0.25, 0.3) is 10.8 Å². The molecule has 1 aliphatic rings. The number of ether oxygens (including phenoxy) is 2. The minimum absolute atomic E-state index is 0.322. The second-order valence-electron chi connectivity index (χ2n) is 9.89. The van der Waals surface area contributed by atoms with Crippen LogP contribution in [0.5, 0.6) is 5.75 Å². The van der Waals surface area contributed by atoms with Crippen LogP contribution < -0.4 is 4.74 Å². The van der Waals surface area contributed by atoms with Gasteiger partial charge in [-0.15, -0.1) is 0 Å². The number of nitrogens with zero attached hydrogens (tertiary/aromatic N) is 1. The minimum Gasteiger partial charge on any atom is -0.459 e. The molecule has 0 saturated carbocycles. The molecule has 0 unspecified atom stereocenters. The molecule has 0 amide bonds. The maximum atomic E-state index is 13.1. The first-order chi connectivity index (χ1) is 14.2. The van der Waals surface area contributed by atoms with Crippen LogP contribution in [-0.4, -0.2) is 42.8 Å². The fraction of sp³-hybridized carbons (Fsp3) is 0.500. The number of carbonyl (C=O) groups is 2. The third-order valence-corrected chi connectivity index (χ3v) is 6.11. The quantitative estimate of drug-likeness (QED) is 0.239. The van der Waals surface area contributed by atoms with Gasteiger partial charge >= 0.3 is 11.9 Å². The summed E-state index contributed by atoms with van der Waals surface area (Å²) in [4.78, 5) is 25.5. The normalized spacial score (nSPS) is 19.2. The predicted octanol–water partition coefficient (Wildman–Crippen LogP) is 5.53. The Kier molecular flexibility index (Phi) is 6.43. The fourth-order valence-corrected chi connectivity index (χ4v) is 4.35. The number of hydroxylamine groups is 2. The molecular formula is C24H30INO5. The fourth-order valence-electron chi connectivity index (χ4n) is 4.24. The van der Waals surface area contributed by atoms with Crippen LogP contribution in [-0.2, 0) is 9.53 Å². The second-order valence-corrected chi connectivity index (χ2v) is 12.6. The van der Waals surface area contributed by atoms with E-state index >= 15 is 0 Å². The van der Waals surface area contributed by atoms with Crippen molar-refractivity contribution >= 4 is 45.3 Å². The number of piperidine rings is 1. The Hall–Kier alpha value is -1.71. The molecule has 1 N–H and O–H groups in total. The minimum atomic E-state index is -0.669. The maximum absolute atomic E-state index is 13.1. The van der Waals surface area contributed by atoms with Crippen molar-refractivity contribution in [2.24, 2.45) is 0 Å². The van der Waals surface area contributed by atoms with Crippen molar-refractivity contribution in [2.75, 3.05) is 0 Å². The van der Waals surface area contributed by atoms with Crippen molar-refractivity contribution in [2.45, 2.75) is 75.0 Å². The van der Waals surface area contributed by atoms with E-state index in [1.807, 2.05) is 74.6 Å². The zero-order chi connectivity index (χ0) is 23.2. The topological polar surface area (TPSA) is 76.1 Å². The SMILES string of the molecule is CC(C)(I)C(=O)Oc1ccc(C(=O)OC2CC(C)(C)N(O)C(C)(C)C2)c2ccccc12. The Balaban J connectivity index is 1.89. The molecule has 31 heavy (non-hydrogen) atoms. The van der Waals surface area contributed by atoms with Crippen LogP contribution >= 0.6 is 22.6 Å². The highest BCUT2D eigenvalue weighted by Gasteiger charge is 2.46. The van der Waals surface area contributed by atoms with Gasteiger partial charge in [-0.3, -0.25) is 4.79 Å². The van der Waals surface area contributed by atoms with E-state index in [4.69, 9.17) is 9.47 Å². The predicted molar refractivity (Wildman–Crippen MR) is 128 cm³/mol. The lowest BCUT2D eigenvalue weighted by atomic mass is 9.80. The van der Waals surface area contributed by atoms with E-state index in [2.05, 4.69) is 0 Å². The van der Waals surface area contributed by atoms with Crippen molar-refractivity contribution in [3.05, 3.63) is 42.0 Å². The zero-order valence-corrected chi connectivity index (χ0v) is 21.0. The van der Waals surface area contributed by atoms with Crippen LogP contribution in [0.1, 0.15) is 64.7 Å². The van der Waals surface area contributed by atoms with E-state index in [0.29, 0.717) is 34.9 Å². The molecule has 0 atom stereocenters. The van der Waals surface area contributed by atoms with Crippen molar-refractivity contribution in [3.8, 4) is 5.75 Å². The molecule has 3 rings (SSSR count). The summed E-state index contributed by atoms with van der Waals surface area (Å²) in [5.41, 5.74) is -0.607. The molecule has 2 aromatic rings. The van der Waals surface area contributed by atoms with Crippen LogP contribution in [0.2, 0.25) is 0 Å². The molecule has 7 heteroatoms. The molecule has 1 saturated heterocycles. The number of hydrogen-bond acceptors (Lipinski definition) is 6. The summed E-state index contributed by atoms with van der Waals surface area (Å²) in [6.07, 6.45) is 0.727. The van der Waals surface area contributed by atoms with Gasteiger partial charge in [0.05, 0.1) is 5.56 Å². The van der Waals surface area contributed by atoms with Crippen molar-refractivity contribution < 1.29 is 24.3 Å². The third kappa shape index (κ3) is 5.04. The van der Waals surface area contributed by atoms with Crippen LogP contribution in [0.3, 0.4) is 0 Å². The molecule has 1 aliphatic heterocycles. The molecule has 0 aliphatic carbocycles. The Morgan fingerprint density at radius 3 is 2.13 bits per heavy atom. The van der Waals surface area contributed by atoms with E-state index in [9.17, 15) is 14.8 Å². The Morgan fingerprint density at radius 2 is 1.58 bits per heavy atom. The van der Waals surface area contributed by atoms with Gasteiger partial charge < -0.3 is 14.7 Å². The van der Waals surface area contributed by atoms with Crippen LogP contribution in [0, 0.1) is 0 Å². The molecule has 168 valence electrons. The van der Waals surface area contributed by atoms with E-state index in [0.717, 1.165) is 0 Å². The highest BCUT2D eigenvalue weighted by molar-refractivity contribution is 14.1. The molecule has 6 nitrogen and oxygen atoms in total. The van der Waals surface area contributed by atoms with Crippen molar-refractivity contribution in [1.29, 1.82) is 0 Å².